The summed E-state index contributed by atoms with van der Waals surface area (Å²) >= 11 is 3.52. The van der Waals surface area contributed by atoms with Gasteiger partial charge in [0.25, 0.3) is 5.91 Å². The average Bonchev–Trinajstić information content (AvgIpc) is 3.00. The van der Waals surface area contributed by atoms with Crippen molar-refractivity contribution in [3.05, 3.63) is 33.8 Å². The Morgan fingerprint density at radius 1 is 1.44 bits per heavy atom. The molecule has 2 rings (SSSR count). The smallest absolute Gasteiger partial charge is 0.251 e. The van der Waals surface area contributed by atoms with E-state index in [0.717, 1.165) is 22.9 Å². The molecule has 16 heavy (non-hydrogen) atoms. The Kier molecular flexibility index (Phi) is 3.33. The van der Waals surface area contributed by atoms with Gasteiger partial charge in [0.1, 0.15) is 0 Å². The van der Waals surface area contributed by atoms with E-state index in [9.17, 15) is 4.79 Å². The minimum absolute atomic E-state index is 0.0403. The number of benzene rings is 1. The lowest BCUT2D eigenvalue weighted by Gasteiger charge is -2.10. The topological polar surface area (TPSA) is 29.1 Å². The van der Waals surface area contributed by atoms with Gasteiger partial charge in [-0.15, -0.1) is 0 Å². The number of carbonyl (C=O) groups is 1. The van der Waals surface area contributed by atoms with E-state index in [2.05, 4.69) is 35.1 Å². The Morgan fingerprint density at radius 3 is 2.62 bits per heavy atom. The molecule has 1 amide bonds. The van der Waals surface area contributed by atoms with Crippen LogP contribution in [0.25, 0.3) is 0 Å². The van der Waals surface area contributed by atoms with Crippen molar-refractivity contribution >= 4 is 21.8 Å². The van der Waals surface area contributed by atoms with Crippen LogP contribution < -0.4 is 5.32 Å². The maximum atomic E-state index is 11.8. The van der Waals surface area contributed by atoms with Crippen LogP contribution in [0, 0.1) is 0 Å². The first-order valence-corrected chi connectivity index (χ1v) is 6.47. The molecule has 0 aliphatic heterocycles. The molecule has 0 heterocycles. The van der Waals surface area contributed by atoms with Gasteiger partial charge in [0.2, 0.25) is 0 Å². The zero-order valence-electron chi connectivity index (χ0n) is 9.59. The number of rotatable bonds is 3. The van der Waals surface area contributed by atoms with Crippen molar-refractivity contribution in [3.63, 3.8) is 0 Å². The highest BCUT2D eigenvalue weighted by molar-refractivity contribution is 9.10. The zero-order chi connectivity index (χ0) is 11.7. The number of hydrogen-bond donors (Lipinski definition) is 1. The van der Waals surface area contributed by atoms with Crippen molar-refractivity contribution in [2.75, 3.05) is 0 Å². The van der Waals surface area contributed by atoms with Crippen molar-refractivity contribution in [3.8, 4) is 0 Å². The Hall–Kier alpha value is -0.830. The van der Waals surface area contributed by atoms with E-state index in [1.165, 1.54) is 5.56 Å². The number of nitrogens with one attached hydrogen (secondary N) is 1. The van der Waals surface area contributed by atoms with Crippen molar-refractivity contribution in [2.24, 2.45) is 0 Å². The van der Waals surface area contributed by atoms with E-state index >= 15 is 0 Å². The van der Waals surface area contributed by atoms with Crippen molar-refractivity contribution in [2.45, 2.75) is 38.6 Å². The second-order valence-electron chi connectivity index (χ2n) is 4.64. The van der Waals surface area contributed by atoms with E-state index in [1.54, 1.807) is 0 Å². The summed E-state index contributed by atoms with van der Waals surface area (Å²) in [4.78, 5) is 11.8. The minimum Gasteiger partial charge on any atom is -0.349 e. The molecule has 1 N–H and O–H groups in total. The first-order valence-electron chi connectivity index (χ1n) is 5.68. The fourth-order valence-electron chi connectivity index (χ4n) is 1.63. The predicted molar refractivity (Wildman–Crippen MR) is 68.7 cm³/mol. The van der Waals surface area contributed by atoms with Crippen LogP contribution in [0.1, 0.15) is 48.5 Å². The molecular formula is C13H16BrNO. The largest absolute Gasteiger partial charge is 0.349 e. The molecule has 3 heteroatoms. The van der Waals surface area contributed by atoms with Gasteiger partial charge < -0.3 is 5.32 Å². The predicted octanol–water partition coefficient (Wildman–Crippen LogP) is 3.46. The van der Waals surface area contributed by atoms with Crippen LogP contribution in [0.15, 0.2) is 22.7 Å². The third kappa shape index (κ3) is 2.64. The van der Waals surface area contributed by atoms with Gasteiger partial charge in [0.15, 0.2) is 0 Å². The van der Waals surface area contributed by atoms with Crippen LogP contribution in [0.2, 0.25) is 0 Å². The first-order chi connectivity index (χ1) is 7.58. The first kappa shape index (κ1) is 11.6. The molecule has 1 fully saturated rings. The van der Waals surface area contributed by atoms with E-state index in [4.69, 9.17) is 0 Å². The molecule has 0 radical (unpaired) electrons. The summed E-state index contributed by atoms with van der Waals surface area (Å²) in [5.74, 6) is 0.508. The maximum Gasteiger partial charge on any atom is 0.251 e. The quantitative estimate of drug-likeness (QED) is 0.903. The van der Waals surface area contributed by atoms with Crippen LogP contribution in [0.5, 0.6) is 0 Å². The molecule has 0 bridgehead atoms. The molecule has 0 unspecified atom stereocenters. The Bertz CT molecular complexity index is 410. The highest BCUT2D eigenvalue weighted by atomic mass is 79.9. The number of halogens is 1. The molecule has 1 aromatic carbocycles. The summed E-state index contributed by atoms with van der Waals surface area (Å²) in [5, 5.41) is 2.99. The number of amides is 1. The Balaban J connectivity index is 2.16. The van der Waals surface area contributed by atoms with Gasteiger partial charge in [-0.2, -0.15) is 0 Å². The summed E-state index contributed by atoms with van der Waals surface area (Å²) < 4.78 is 1.02. The summed E-state index contributed by atoms with van der Waals surface area (Å²) in [6.07, 6.45) is 2.24. The lowest BCUT2D eigenvalue weighted by atomic mass is 10.0. The van der Waals surface area contributed by atoms with Gasteiger partial charge in [-0.1, -0.05) is 35.8 Å². The highest BCUT2D eigenvalue weighted by Crippen LogP contribution is 2.26. The van der Waals surface area contributed by atoms with Gasteiger partial charge in [-0.25, -0.2) is 0 Å². The summed E-state index contributed by atoms with van der Waals surface area (Å²) in [6, 6.07) is 6.25. The SMILES string of the molecule is CC(C)c1ccc(C(=O)NC2CC2)cc1Br. The molecule has 0 saturated heterocycles. The van der Waals surface area contributed by atoms with Gasteiger partial charge in [0, 0.05) is 16.1 Å². The third-order valence-corrected chi connectivity index (χ3v) is 3.48. The fourth-order valence-corrected chi connectivity index (χ4v) is 2.47. The molecule has 86 valence electrons. The summed E-state index contributed by atoms with van der Waals surface area (Å²) in [7, 11) is 0. The second kappa shape index (κ2) is 4.58. The normalized spacial score (nSPS) is 15.2. The molecule has 1 saturated carbocycles. The highest BCUT2D eigenvalue weighted by Gasteiger charge is 2.23. The van der Waals surface area contributed by atoms with Crippen LogP contribution in [-0.2, 0) is 0 Å². The van der Waals surface area contributed by atoms with E-state index in [-0.39, 0.29) is 5.91 Å². The number of carbonyl (C=O) groups excluding carboxylic acids is 1. The lowest BCUT2D eigenvalue weighted by molar-refractivity contribution is 0.0951. The summed E-state index contributed by atoms with van der Waals surface area (Å²) in [5.41, 5.74) is 1.98. The van der Waals surface area contributed by atoms with Crippen molar-refractivity contribution in [1.29, 1.82) is 0 Å². The summed E-state index contributed by atoms with van der Waals surface area (Å²) in [6.45, 7) is 4.29. The minimum atomic E-state index is 0.0403. The molecule has 1 aliphatic carbocycles. The molecule has 1 aliphatic rings. The van der Waals surface area contributed by atoms with Crippen LogP contribution in [0.4, 0.5) is 0 Å². The van der Waals surface area contributed by atoms with Gasteiger partial charge in [-0.05, 0) is 36.5 Å². The molecule has 0 spiro atoms. The Labute approximate surface area is 105 Å². The van der Waals surface area contributed by atoms with E-state index in [1.807, 2.05) is 18.2 Å². The Morgan fingerprint density at radius 2 is 2.12 bits per heavy atom. The van der Waals surface area contributed by atoms with Crippen molar-refractivity contribution in [1.82, 2.24) is 5.32 Å². The monoisotopic (exact) mass is 281 g/mol. The van der Waals surface area contributed by atoms with Crippen molar-refractivity contribution < 1.29 is 4.79 Å². The van der Waals surface area contributed by atoms with Gasteiger partial charge >= 0.3 is 0 Å². The standard InChI is InChI=1S/C13H16BrNO/c1-8(2)11-6-3-9(7-12(11)14)13(16)15-10-4-5-10/h3,6-8,10H,4-5H2,1-2H3,(H,15,16). The fraction of sp³-hybridized carbons (Fsp3) is 0.462. The lowest BCUT2D eigenvalue weighted by Crippen LogP contribution is -2.25. The molecule has 0 aromatic heterocycles. The maximum absolute atomic E-state index is 11.8. The number of hydrogen-bond acceptors (Lipinski definition) is 1. The third-order valence-electron chi connectivity index (χ3n) is 2.80. The van der Waals surface area contributed by atoms with Crippen LogP contribution in [0.3, 0.4) is 0 Å². The van der Waals surface area contributed by atoms with Crippen LogP contribution in [-0.4, -0.2) is 11.9 Å². The van der Waals surface area contributed by atoms with Gasteiger partial charge in [0.05, 0.1) is 0 Å². The second-order valence-corrected chi connectivity index (χ2v) is 5.49. The molecular weight excluding hydrogens is 266 g/mol. The zero-order valence-corrected chi connectivity index (χ0v) is 11.2. The molecule has 1 aromatic rings. The van der Waals surface area contributed by atoms with E-state index in [0.29, 0.717) is 12.0 Å². The molecule has 2 nitrogen and oxygen atoms in total. The van der Waals surface area contributed by atoms with E-state index < -0.39 is 0 Å². The van der Waals surface area contributed by atoms with Crippen LogP contribution >= 0.6 is 15.9 Å². The average molecular weight is 282 g/mol. The van der Waals surface area contributed by atoms with Gasteiger partial charge in [-0.3, -0.25) is 4.79 Å². The molecule has 0 atom stereocenters.